The first-order chi connectivity index (χ1) is 20.7. The van der Waals surface area contributed by atoms with Gasteiger partial charge in [-0.05, 0) is 63.0 Å². The van der Waals surface area contributed by atoms with Crippen LogP contribution in [0.2, 0.25) is 0 Å². The first-order valence-electron chi connectivity index (χ1n) is 14.1. The van der Waals surface area contributed by atoms with Gasteiger partial charge in [0.15, 0.2) is 16.8 Å². The third-order valence-corrected chi connectivity index (χ3v) is 8.55. The molecule has 2 amide bonds. The SMILES string of the molecule is CN[C@H](Cc1ccccc1)C(=O)NC(=O)[C@@H]1CCCN1C[C@H](CCNC(=N)N)C(=O)c1nc2ccc(C(=O)OC)cc2s1. The number of carbonyl (C=O) groups excluding carboxylic acids is 4. The zero-order chi connectivity index (χ0) is 30.9. The average molecular weight is 608 g/mol. The molecule has 0 radical (unpaired) electrons. The molecule has 0 aliphatic carbocycles. The molecule has 1 aliphatic rings. The van der Waals surface area contributed by atoms with Gasteiger partial charge >= 0.3 is 5.97 Å². The predicted molar refractivity (Wildman–Crippen MR) is 164 cm³/mol. The minimum Gasteiger partial charge on any atom is -0.465 e. The molecule has 1 aromatic heterocycles. The van der Waals surface area contributed by atoms with Crippen LogP contribution in [-0.2, 0) is 20.7 Å². The van der Waals surface area contributed by atoms with Gasteiger partial charge in [-0.25, -0.2) is 9.78 Å². The number of carbonyl (C=O) groups is 4. The fourth-order valence-corrected chi connectivity index (χ4v) is 6.25. The Bertz CT molecular complexity index is 1480. The molecule has 6 N–H and O–H groups in total. The van der Waals surface area contributed by atoms with Gasteiger partial charge in [0.25, 0.3) is 0 Å². The normalized spacial score (nSPS) is 16.4. The third-order valence-electron chi connectivity index (χ3n) is 7.51. The Hall–Kier alpha value is -4.20. The minimum absolute atomic E-state index is 0.201. The summed E-state index contributed by atoms with van der Waals surface area (Å²) in [5.41, 5.74) is 7.39. The van der Waals surface area contributed by atoms with Crippen LogP contribution in [0, 0.1) is 11.3 Å². The Morgan fingerprint density at radius 3 is 2.65 bits per heavy atom. The summed E-state index contributed by atoms with van der Waals surface area (Å²) in [6.07, 6.45) is 2.10. The fraction of sp³-hybridized carbons (Fsp3) is 0.400. The van der Waals surface area contributed by atoms with Crippen LogP contribution in [0.3, 0.4) is 0 Å². The van der Waals surface area contributed by atoms with Crippen molar-refractivity contribution in [2.24, 2.45) is 11.7 Å². The van der Waals surface area contributed by atoms with Crippen molar-refractivity contribution in [1.29, 1.82) is 5.41 Å². The standard InChI is InChI=1S/C30H37N7O5S/c1-33-22(15-18-7-4-3-5-8-18)26(39)36-27(40)23-9-6-14-37(23)17-20(12-13-34-30(31)32)25(38)28-35-21-11-10-19(29(41)42-2)16-24(21)43-28/h3-5,7-8,10-11,16,20,22-23,33H,6,9,12-15,17H2,1-2H3,(H4,31,32,34)(H,36,39,40)/t20-,22+,23-/m0/s1. The smallest absolute Gasteiger partial charge is 0.337 e. The number of likely N-dealkylation sites (N-methyl/N-ethyl adjacent to an activating group) is 1. The average Bonchev–Trinajstić information content (AvgIpc) is 3.65. The summed E-state index contributed by atoms with van der Waals surface area (Å²) in [5.74, 6) is -2.23. The molecule has 4 rings (SSSR count). The second kappa shape index (κ2) is 14.8. The Kier molecular flexibility index (Phi) is 10.9. The van der Waals surface area contributed by atoms with E-state index in [1.165, 1.54) is 18.4 Å². The zero-order valence-corrected chi connectivity index (χ0v) is 25.0. The summed E-state index contributed by atoms with van der Waals surface area (Å²) in [7, 11) is 2.99. The highest BCUT2D eigenvalue weighted by Crippen LogP contribution is 2.28. The number of ether oxygens (including phenoxy) is 1. The van der Waals surface area contributed by atoms with E-state index < -0.39 is 29.9 Å². The van der Waals surface area contributed by atoms with Crippen LogP contribution in [0.25, 0.3) is 10.2 Å². The fourth-order valence-electron chi connectivity index (χ4n) is 5.23. The highest BCUT2D eigenvalue weighted by molar-refractivity contribution is 7.20. The number of fused-ring (bicyclic) bond motifs is 1. The third kappa shape index (κ3) is 8.21. The van der Waals surface area contributed by atoms with Gasteiger partial charge in [-0.15, -0.1) is 11.3 Å². The molecule has 12 nitrogen and oxygen atoms in total. The summed E-state index contributed by atoms with van der Waals surface area (Å²) < 4.78 is 5.48. The monoisotopic (exact) mass is 607 g/mol. The maximum atomic E-state index is 13.8. The van der Waals surface area contributed by atoms with Crippen molar-refractivity contribution in [3.63, 3.8) is 0 Å². The van der Waals surface area contributed by atoms with Gasteiger partial charge in [0, 0.05) is 19.0 Å². The molecule has 0 unspecified atom stereocenters. The summed E-state index contributed by atoms with van der Waals surface area (Å²) in [6.45, 7) is 1.15. The van der Waals surface area contributed by atoms with E-state index in [1.54, 1.807) is 25.2 Å². The second-order valence-corrected chi connectivity index (χ2v) is 11.5. The summed E-state index contributed by atoms with van der Waals surface area (Å²) in [5, 5.41) is 16.1. The maximum Gasteiger partial charge on any atom is 0.337 e. The maximum absolute atomic E-state index is 13.8. The number of thiazole rings is 1. The summed E-state index contributed by atoms with van der Waals surface area (Å²) in [6, 6.07) is 13.4. The molecular weight excluding hydrogens is 570 g/mol. The van der Waals surface area contributed by atoms with E-state index in [-0.39, 0.29) is 35.7 Å². The van der Waals surface area contributed by atoms with Crippen LogP contribution in [0.5, 0.6) is 0 Å². The van der Waals surface area contributed by atoms with Gasteiger partial charge in [0.05, 0.1) is 35.0 Å². The van der Waals surface area contributed by atoms with E-state index >= 15 is 0 Å². The van der Waals surface area contributed by atoms with Crippen LogP contribution >= 0.6 is 11.3 Å². The number of nitrogens with zero attached hydrogens (tertiary/aromatic N) is 2. The quantitative estimate of drug-likeness (QED) is 0.0831. The largest absolute Gasteiger partial charge is 0.465 e. The van der Waals surface area contributed by atoms with Crippen molar-refractivity contribution in [3.05, 3.63) is 64.7 Å². The molecule has 3 atom stereocenters. The van der Waals surface area contributed by atoms with Crippen LogP contribution in [-0.4, -0.2) is 85.3 Å². The second-order valence-electron chi connectivity index (χ2n) is 10.4. The number of hydrogen-bond acceptors (Lipinski definition) is 10. The lowest BCUT2D eigenvalue weighted by atomic mass is 9.98. The molecule has 0 saturated carbocycles. The number of hydrogen-bond donors (Lipinski definition) is 5. The molecule has 0 bridgehead atoms. The van der Waals surface area contributed by atoms with E-state index in [0.717, 1.165) is 12.0 Å². The van der Waals surface area contributed by atoms with Crippen molar-refractivity contribution in [2.45, 2.75) is 37.8 Å². The van der Waals surface area contributed by atoms with Crippen molar-refractivity contribution in [1.82, 2.24) is 25.8 Å². The summed E-state index contributed by atoms with van der Waals surface area (Å²) >= 11 is 1.19. The van der Waals surface area contributed by atoms with E-state index in [2.05, 4.69) is 20.9 Å². The van der Waals surface area contributed by atoms with Gasteiger partial charge in [-0.2, -0.15) is 0 Å². The molecule has 1 fully saturated rings. The lowest BCUT2D eigenvalue weighted by Crippen LogP contribution is -2.52. The molecule has 1 saturated heterocycles. The zero-order valence-electron chi connectivity index (χ0n) is 24.2. The Morgan fingerprint density at radius 1 is 1.19 bits per heavy atom. The van der Waals surface area contributed by atoms with Gasteiger partial charge in [-0.3, -0.25) is 30.0 Å². The predicted octanol–water partition coefficient (Wildman–Crippen LogP) is 1.69. The van der Waals surface area contributed by atoms with E-state index in [9.17, 15) is 19.2 Å². The number of nitrogens with one attached hydrogen (secondary N) is 4. The van der Waals surface area contributed by atoms with Gasteiger partial charge < -0.3 is 21.1 Å². The Balaban J connectivity index is 1.47. The molecule has 1 aliphatic heterocycles. The molecule has 2 heterocycles. The molecule has 0 spiro atoms. The van der Waals surface area contributed by atoms with Crippen molar-refractivity contribution < 1.29 is 23.9 Å². The highest BCUT2D eigenvalue weighted by Gasteiger charge is 2.36. The van der Waals surface area contributed by atoms with Crippen LogP contribution in [0.4, 0.5) is 0 Å². The van der Waals surface area contributed by atoms with Gasteiger partial charge in [0.2, 0.25) is 11.8 Å². The number of imide groups is 1. The first-order valence-corrected chi connectivity index (χ1v) is 14.9. The van der Waals surface area contributed by atoms with Gasteiger partial charge in [0.1, 0.15) is 0 Å². The van der Waals surface area contributed by atoms with Crippen molar-refractivity contribution in [2.75, 3.05) is 33.8 Å². The molecule has 228 valence electrons. The van der Waals surface area contributed by atoms with Crippen LogP contribution in [0.15, 0.2) is 48.5 Å². The number of esters is 1. The topological polar surface area (TPSA) is 180 Å². The van der Waals surface area contributed by atoms with Crippen molar-refractivity contribution >= 4 is 51.1 Å². The minimum atomic E-state index is -0.577. The Labute approximate surface area is 253 Å². The van der Waals surface area contributed by atoms with E-state index in [0.29, 0.717) is 41.6 Å². The number of methoxy groups -OCH3 is 1. The number of amides is 2. The number of ketones is 1. The molecule has 43 heavy (non-hydrogen) atoms. The van der Waals surface area contributed by atoms with E-state index in [1.807, 2.05) is 35.2 Å². The van der Waals surface area contributed by atoms with E-state index in [4.69, 9.17) is 15.9 Å². The molecule has 3 aromatic rings. The number of rotatable bonds is 13. The van der Waals surface area contributed by atoms with Crippen LogP contribution < -0.4 is 21.7 Å². The number of likely N-dealkylation sites (tertiary alicyclic amines) is 1. The number of guanidine groups is 1. The number of aromatic nitrogens is 1. The number of nitrogens with two attached hydrogens (primary N) is 1. The highest BCUT2D eigenvalue weighted by atomic mass is 32.1. The number of benzene rings is 2. The number of Topliss-reactive ketones (excluding diaryl/α,β-unsaturated/α-hetero) is 1. The summed E-state index contributed by atoms with van der Waals surface area (Å²) in [4.78, 5) is 58.5. The molecule has 13 heteroatoms. The van der Waals surface area contributed by atoms with Crippen LogP contribution in [0.1, 0.15) is 45.0 Å². The Morgan fingerprint density at radius 2 is 1.95 bits per heavy atom. The van der Waals surface area contributed by atoms with Crippen molar-refractivity contribution in [3.8, 4) is 0 Å². The lowest BCUT2D eigenvalue weighted by Gasteiger charge is -2.28. The van der Waals surface area contributed by atoms with Gasteiger partial charge in [-0.1, -0.05) is 30.3 Å². The molecular formula is C30H37N7O5S. The lowest BCUT2D eigenvalue weighted by molar-refractivity contribution is -0.134. The molecule has 2 aromatic carbocycles. The first kappa shape index (κ1) is 31.7.